The van der Waals surface area contributed by atoms with Gasteiger partial charge in [0.05, 0.1) is 0 Å². The average Bonchev–Trinajstić information content (AvgIpc) is 1.82. The van der Waals surface area contributed by atoms with Crippen molar-refractivity contribution in [3.05, 3.63) is 0 Å². The smallest absolute Gasteiger partial charge is 0.160 e. The molecule has 9 heavy (non-hydrogen) atoms. The number of nitrogens with zero attached hydrogens (tertiary/aromatic N) is 1. The topological polar surface area (TPSA) is 12.4 Å². The SMILES string of the molecule is CCCN=C(Cl)C(Cl)Cl. The number of rotatable bonds is 3. The second-order valence-corrected chi connectivity index (χ2v) is 2.99. The highest BCUT2D eigenvalue weighted by Crippen LogP contribution is 2.07. The zero-order chi connectivity index (χ0) is 7.28. The minimum atomic E-state index is -0.668. The summed E-state index contributed by atoms with van der Waals surface area (Å²) in [6.07, 6.45) is 0.955. The van der Waals surface area contributed by atoms with Crippen LogP contribution in [0.4, 0.5) is 0 Å². The van der Waals surface area contributed by atoms with Crippen LogP contribution in [0.2, 0.25) is 0 Å². The summed E-state index contributed by atoms with van der Waals surface area (Å²) in [5.41, 5.74) is 0. The summed E-state index contributed by atoms with van der Waals surface area (Å²) in [5.74, 6) is 0. The molecule has 0 spiro atoms. The summed E-state index contributed by atoms with van der Waals surface area (Å²) in [6, 6.07) is 0. The molecule has 0 atom stereocenters. The van der Waals surface area contributed by atoms with Gasteiger partial charge in [0.25, 0.3) is 0 Å². The van der Waals surface area contributed by atoms with E-state index in [4.69, 9.17) is 34.8 Å². The Morgan fingerprint density at radius 1 is 1.56 bits per heavy atom. The van der Waals surface area contributed by atoms with E-state index >= 15 is 0 Å². The fourth-order valence-corrected chi connectivity index (χ4v) is 0.510. The van der Waals surface area contributed by atoms with Crippen molar-refractivity contribution in [1.29, 1.82) is 0 Å². The molecule has 0 saturated carbocycles. The van der Waals surface area contributed by atoms with Gasteiger partial charge in [-0.1, -0.05) is 41.7 Å². The molecule has 0 aromatic rings. The zero-order valence-electron chi connectivity index (χ0n) is 5.07. The second kappa shape index (κ2) is 5.33. The Labute approximate surface area is 70.0 Å². The van der Waals surface area contributed by atoms with Gasteiger partial charge in [0.15, 0.2) is 4.84 Å². The number of hydrogen-bond acceptors (Lipinski definition) is 1. The van der Waals surface area contributed by atoms with Crippen LogP contribution >= 0.6 is 34.8 Å². The third kappa shape index (κ3) is 5.01. The van der Waals surface area contributed by atoms with Gasteiger partial charge in [0.1, 0.15) is 5.17 Å². The van der Waals surface area contributed by atoms with Gasteiger partial charge in [-0.25, -0.2) is 0 Å². The molecule has 0 aromatic carbocycles. The summed E-state index contributed by atoms with van der Waals surface area (Å²) in [4.78, 5) is 3.19. The van der Waals surface area contributed by atoms with Crippen LogP contribution in [0.25, 0.3) is 0 Å². The van der Waals surface area contributed by atoms with Gasteiger partial charge in [-0.3, -0.25) is 4.99 Å². The van der Waals surface area contributed by atoms with Crippen molar-refractivity contribution in [3.8, 4) is 0 Å². The van der Waals surface area contributed by atoms with E-state index in [1.165, 1.54) is 0 Å². The lowest BCUT2D eigenvalue weighted by atomic mass is 10.5. The number of halogens is 3. The summed E-state index contributed by atoms with van der Waals surface area (Å²) in [7, 11) is 0. The van der Waals surface area contributed by atoms with Gasteiger partial charge in [0.2, 0.25) is 0 Å². The first kappa shape index (κ1) is 9.54. The summed E-state index contributed by atoms with van der Waals surface area (Å²) >= 11 is 16.2. The molecule has 0 fully saturated rings. The predicted molar refractivity (Wildman–Crippen MR) is 43.9 cm³/mol. The third-order valence-corrected chi connectivity index (χ3v) is 1.64. The Hall–Kier alpha value is 0.540. The van der Waals surface area contributed by atoms with E-state index in [-0.39, 0.29) is 5.17 Å². The van der Waals surface area contributed by atoms with E-state index in [0.717, 1.165) is 6.42 Å². The first-order chi connectivity index (χ1) is 4.18. The van der Waals surface area contributed by atoms with Crippen molar-refractivity contribution in [2.75, 3.05) is 6.54 Å². The molecular weight excluding hydrogens is 180 g/mol. The van der Waals surface area contributed by atoms with E-state index in [0.29, 0.717) is 6.54 Å². The number of aliphatic imine (C=N–C) groups is 1. The molecule has 0 amide bonds. The number of hydrogen-bond donors (Lipinski definition) is 0. The van der Waals surface area contributed by atoms with Crippen LogP contribution in [-0.4, -0.2) is 16.6 Å². The van der Waals surface area contributed by atoms with Crippen molar-refractivity contribution in [2.45, 2.75) is 18.2 Å². The molecule has 0 saturated heterocycles. The van der Waals surface area contributed by atoms with Crippen molar-refractivity contribution < 1.29 is 0 Å². The highest BCUT2D eigenvalue weighted by Gasteiger charge is 2.03. The Kier molecular flexibility index (Phi) is 5.65. The molecule has 0 bridgehead atoms. The van der Waals surface area contributed by atoms with Crippen LogP contribution in [0.15, 0.2) is 4.99 Å². The monoisotopic (exact) mass is 187 g/mol. The van der Waals surface area contributed by atoms with Crippen LogP contribution in [0.1, 0.15) is 13.3 Å². The summed E-state index contributed by atoms with van der Waals surface area (Å²) in [6.45, 7) is 2.69. The summed E-state index contributed by atoms with van der Waals surface area (Å²) in [5, 5.41) is 0.278. The lowest BCUT2D eigenvalue weighted by Gasteiger charge is -1.94. The van der Waals surface area contributed by atoms with E-state index < -0.39 is 4.84 Å². The molecule has 0 rings (SSSR count). The molecule has 54 valence electrons. The van der Waals surface area contributed by atoms with Gasteiger partial charge in [0, 0.05) is 6.54 Å². The average molecular weight is 188 g/mol. The molecule has 1 nitrogen and oxygen atoms in total. The third-order valence-electron chi connectivity index (χ3n) is 0.667. The molecule has 0 aliphatic rings. The van der Waals surface area contributed by atoms with Crippen LogP contribution in [-0.2, 0) is 0 Å². The normalized spacial score (nSPS) is 12.8. The van der Waals surface area contributed by atoms with Crippen molar-refractivity contribution >= 4 is 40.0 Å². The lowest BCUT2D eigenvalue weighted by Crippen LogP contribution is -1.99. The Morgan fingerprint density at radius 2 is 2.11 bits per heavy atom. The molecule has 0 aliphatic carbocycles. The molecule has 0 aromatic heterocycles. The molecule has 0 aliphatic heterocycles. The molecular formula is C5H8Cl3N. The maximum absolute atomic E-state index is 5.48. The molecule has 0 radical (unpaired) electrons. The van der Waals surface area contributed by atoms with E-state index in [9.17, 15) is 0 Å². The van der Waals surface area contributed by atoms with Crippen molar-refractivity contribution in [3.63, 3.8) is 0 Å². The van der Waals surface area contributed by atoms with E-state index in [1.54, 1.807) is 0 Å². The zero-order valence-corrected chi connectivity index (χ0v) is 7.34. The van der Waals surface area contributed by atoms with Crippen LogP contribution in [0, 0.1) is 0 Å². The first-order valence-electron chi connectivity index (χ1n) is 2.66. The van der Waals surface area contributed by atoms with Gasteiger partial charge >= 0.3 is 0 Å². The maximum atomic E-state index is 5.48. The highest BCUT2D eigenvalue weighted by atomic mass is 35.5. The largest absolute Gasteiger partial charge is 0.275 e. The quantitative estimate of drug-likeness (QED) is 0.477. The minimum absolute atomic E-state index is 0.278. The van der Waals surface area contributed by atoms with Gasteiger partial charge in [-0.15, -0.1) is 0 Å². The second-order valence-electron chi connectivity index (χ2n) is 1.51. The molecule has 4 heteroatoms. The Balaban J connectivity index is 3.55. The van der Waals surface area contributed by atoms with Crippen LogP contribution < -0.4 is 0 Å². The summed E-state index contributed by atoms with van der Waals surface area (Å²) < 4.78 is 0. The highest BCUT2D eigenvalue weighted by molar-refractivity contribution is 6.77. The van der Waals surface area contributed by atoms with Gasteiger partial charge in [-0.05, 0) is 6.42 Å². The fraction of sp³-hybridized carbons (Fsp3) is 0.800. The fourth-order valence-electron chi connectivity index (χ4n) is 0.288. The molecule has 0 unspecified atom stereocenters. The van der Waals surface area contributed by atoms with Gasteiger partial charge < -0.3 is 0 Å². The van der Waals surface area contributed by atoms with Gasteiger partial charge in [-0.2, -0.15) is 0 Å². The molecule has 0 N–H and O–H groups in total. The first-order valence-corrected chi connectivity index (χ1v) is 3.91. The van der Waals surface area contributed by atoms with Crippen LogP contribution in [0.5, 0.6) is 0 Å². The Morgan fingerprint density at radius 3 is 2.44 bits per heavy atom. The Bertz CT molecular complexity index is 100. The van der Waals surface area contributed by atoms with Crippen molar-refractivity contribution in [1.82, 2.24) is 0 Å². The minimum Gasteiger partial charge on any atom is -0.275 e. The lowest BCUT2D eigenvalue weighted by molar-refractivity contribution is 0.934. The van der Waals surface area contributed by atoms with E-state index in [1.807, 2.05) is 6.92 Å². The molecule has 0 heterocycles. The number of alkyl halides is 2. The standard InChI is InChI=1S/C5H8Cl3N/c1-2-3-9-5(8)4(6)7/h4H,2-3H2,1H3. The van der Waals surface area contributed by atoms with E-state index in [2.05, 4.69) is 4.99 Å². The maximum Gasteiger partial charge on any atom is 0.160 e. The predicted octanol–water partition coefficient (Wildman–Crippen LogP) is 2.84. The van der Waals surface area contributed by atoms with Crippen LogP contribution in [0.3, 0.4) is 0 Å². The van der Waals surface area contributed by atoms with Crippen molar-refractivity contribution in [2.24, 2.45) is 4.99 Å².